The first-order valence-corrected chi connectivity index (χ1v) is 7.71. The Morgan fingerprint density at radius 2 is 1.82 bits per heavy atom. The number of anilines is 1. The van der Waals surface area contributed by atoms with E-state index in [0.29, 0.717) is 4.88 Å². The Hall–Kier alpha value is -2.59. The van der Waals surface area contributed by atoms with Crippen LogP contribution in [0.3, 0.4) is 0 Å². The fourth-order valence-electron chi connectivity index (χ4n) is 2.16. The van der Waals surface area contributed by atoms with E-state index in [1.165, 1.54) is 11.3 Å². The van der Waals surface area contributed by atoms with E-state index in [1.54, 1.807) is 12.1 Å². The van der Waals surface area contributed by atoms with Crippen LogP contribution in [-0.4, -0.2) is 11.0 Å². The van der Waals surface area contributed by atoms with Gasteiger partial charge in [-0.2, -0.15) is 0 Å². The summed E-state index contributed by atoms with van der Waals surface area (Å²) in [5, 5.41) is 12.2. The van der Waals surface area contributed by atoms with Gasteiger partial charge < -0.3 is 10.4 Å². The van der Waals surface area contributed by atoms with Gasteiger partial charge in [-0.25, -0.2) is 0 Å². The van der Waals surface area contributed by atoms with Crippen molar-refractivity contribution >= 4 is 22.9 Å². The number of thiophene rings is 1. The van der Waals surface area contributed by atoms with Gasteiger partial charge in [-0.05, 0) is 66.6 Å². The van der Waals surface area contributed by atoms with E-state index in [4.69, 9.17) is 0 Å². The van der Waals surface area contributed by atoms with Crippen LogP contribution < -0.4 is 5.32 Å². The van der Waals surface area contributed by atoms with Crippen LogP contribution in [0.4, 0.5) is 5.69 Å². The van der Waals surface area contributed by atoms with E-state index < -0.39 is 0 Å². The van der Waals surface area contributed by atoms with Crippen LogP contribution in [0.15, 0.2) is 60.7 Å². The Morgan fingerprint density at radius 3 is 2.55 bits per heavy atom. The topological polar surface area (TPSA) is 49.3 Å². The molecule has 0 unspecified atom stereocenters. The molecule has 3 rings (SSSR count). The smallest absolute Gasteiger partial charge is 0.265 e. The van der Waals surface area contributed by atoms with Crippen molar-refractivity contribution in [2.24, 2.45) is 0 Å². The molecule has 0 aliphatic rings. The molecule has 0 saturated heterocycles. The van der Waals surface area contributed by atoms with E-state index in [9.17, 15) is 9.90 Å². The van der Waals surface area contributed by atoms with Crippen molar-refractivity contribution in [1.82, 2.24) is 0 Å². The highest BCUT2D eigenvalue weighted by Crippen LogP contribution is 2.29. The summed E-state index contributed by atoms with van der Waals surface area (Å²) in [6.45, 7) is 1.99. The second-order valence-electron chi connectivity index (χ2n) is 5.03. The highest BCUT2D eigenvalue weighted by molar-refractivity contribution is 7.17. The van der Waals surface area contributed by atoms with Gasteiger partial charge >= 0.3 is 0 Å². The number of aromatic hydroxyl groups is 1. The zero-order valence-corrected chi connectivity index (χ0v) is 12.9. The Bertz CT molecular complexity index is 806. The van der Waals surface area contributed by atoms with Crippen molar-refractivity contribution in [2.75, 3.05) is 5.32 Å². The van der Waals surface area contributed by atoms with Crippen LogP contribution in [0.2, 0.25) is 0 Å². The summed E-state index contributed by atoms with van der Waals surface area (Å²) in [6.07, 6.45) is 0. The SMILES string of the molecule is Cc1cccc(NC(=O)c2ccc(-c3ccc(O)cc3)s2)c1. The molecule has 0 bridgehead atoms. The predicted molar refractivity (Wildman–Crippen MR) is 90.6 cm³/mol. The molecule has 22 heavy (non-hydrogen) atoms. The number of hydrogen-bond donors (Lipinski definition) is 2. The summed E-state index contributed by atoms with van der Waals surface area (Å²) in [4.78, 5) is 13.9. The van der Waals surface area contributed by atoms with Gasteiger partial charge in [0.05, 0.1) is 4.88 Å². The third-order valence-electron chi connectivity index (χ3n) is 3.26. The van der Waals surface area contributed by atoms with Gasteiger partial charge in [0.1, 0.15) is 5.75 Å². The maximum atomic E-state index is 12.3. The van der Waals surface area contributed by atoms with Crippen molar-refractivity contribution < 1.29 is 9.90 Å². The van der Waals surface area contributed by atoms with E-state index in [2.05, 4.69) is 5.32 Å². The van der Waals surface area contributed by atoms with Crippen molar-refractivity contribution in [3.05, 3.63) is 71.1 Å². The number of nitrogens with one attached hydrogen (secondary N) is 1. The summed E-state index contributed by atoms with van der Waals surface area (Å²) in [6, 6.07) is 18.4. The van der Waals surface area contributed by atoms with Gasteiger partial charge in [-0.3, -0.25) is 4.79 Å². The molecular weight excluding hydrogens is 294 g/mol. The van der Waals surface area contributed by atoms with Crippen LogP contribution in [0.25, 0.3) is 10.4 Å². The van der Waals surface area contributed by atoms with E-state index in [1.807, 2.05) is 55.5 Å². The molecule has 3 nitrogen and oxygen atoms in total. The molecule has 0 radical (unpaired) electrons. The molecule has 0 fully saturated rings. The minimum absolute atomic E-state index is 0.111. The molecule has 0 spiro atoms. The molecule has 4 heteroatoms. The number of hydrogen-bond acceptors (Lipinski definition) is 3. The van der Waals surface area contributed by atoms with Crippen LogP contribution in [0.1, 0.15) is 15.2 Å². The number of phenolic OH excluding ortho intramolecular Hbond substituents is 1. The lowest BCUT2D eigenvalue weighted by atomic mass is 10.2. The van der Waals surface area contributed by atoms with Crippen molar-refractivity contribution in [2.45, 2.75) is 6.92 Å². The average molecular weight is 309 g/mol. The fraction of sp³-hybridized carbons (Fsp3) is 0.0556. The maximum Gasteiger partial charge on any atom is 0.265 e. The van der Waals surface area contributed by atoms with Crippen LogP contribution in [0.5, 0.6) is 5.75 Å². The number of carbonyl (C=O) groups is 1. The van der Waals surface area contributed by atoms with Crippen molar-refractivity contribution in [3.8, 4) is 16.2 Å². The van der Waals surface area contributed by atoms with Crippen molar-refractivity contribution in [3.63, 3.8) is 0 Å². The number of rotatable bonds is 3. The summed E-state index contributed by atoms with van der Waals surface area (Å²) in [5.74, 6) is 0.123. The molecule has 0 aliphatic carbocycles. The summed E-state index contributed by atoms with van der Waals surface area (Å²) in [7, 11) is 0. The molecule has 3 aromatic rings. The lowest BCUT2D eigenvalue weighted by molar-refractivity contribution is 0.103. The Kier molecular flexibility index (Phi) is 3.94. The Labute approximate surface area is 132 Å². The molecule has 0 aliphatic heterocycles. The number of phenols is 1. The first-order valence-electron chi connectivity index (χ1n) is 6.89. The third-order valence-corrected chi connectivity index (χ3v) is 4.39. The van der Waals surface area contributed by atoms with Gasteiger partial charge in [-0.15, -0.1) is 11.3 Å². The monoisotopic (exact) mass is 309 g/mol. The van der Waals surface area contributed by atoms with Crippen LogP contribution in [0, 0.1) is 6.92 Å². The fourth-order valence-corrected chi connectivity index (χ4v) is 3.06. The van der Waals surface area contributed by atoms with Crippen LogP contribution >= 0.6 is 11.3 Å². The lowest BCUT2D eigenvalue weighted by Gasteiger charge is -2.04. The number of benzene rings is 2. The van der Waals surface area contributed by atoms with Gasteiger partial charge in [0.25, 0.3) is 5.91 Å². The largest absolute Gasteiger partial charge is 0.508 e. The molecule has 2 N–H and O–H groups in total. The van der Waals surface area contributed by atoms with Gasteiger partial charge in [0, 0.05) is 10.6 Å². The van der Waals surface area contributed by atoms with Gasteiger partial charge in [0.2, 0.25) is 0 Å². The number of aryl methyl sites for hydroxylation is 1. The average Bonchev–Trinajstić information content (AvgIpc) is 2.98. The first kappa shape index (κ1) is 14.4. The normalized spacial score (nSPS) is 10.4. The zero-order chi connectivity index (χ0) is 15.5. The first-order chi connectivity index (χ1) is 10.6. The molecule has 1 amide bonds. The second-order valence-corrected chi connectivity index (χ2v) is 6.12. The molecule has 1 aromatic heterocycles. The standard InChI is InChI=1S/C18H15NO2S/c1-12-3-2-4-14(11-12)19-18(21)17-10-9-16(22-17)13-5-7-15(20)8-6-13/h2-11,20H,1H3,(H,19,21). The number of amides is 1. The van der Waals surface area contributed by atoms with Crippen molar-refractivity contribution in [1.29, 1.82) is 0 Å². The van der Waals surface area contributed by atoms with E-state index >= 15 is 0 Å². The summed E-state index contributed by atoms with van der Waals surface area (Å²) < 4.78 is 0. The van der Waals surface area contributed by atoms with Gasteiger partial charge in [-0.1, -0.05) is 12.1 Å². The summed E-state index contributed by atoms with van der Waals surface area (Å²) in [5.41, 5.74) is 2.88. The highest BCUT2D eigenvalue weighted by Gasteiger charge is 2.10. The molecule has 0 atom stereocenters. The predicted octanol–water partition coefficient (Wildman–Crippen LogP) is 4.68. The quantitative estimate of drug-likeness (QED) is 0.738. The molecular formula is C18H15NO2S. The Balaban J connectivity index is 1.78. The molecule has 0 saturated carbocycles. The second kappa shape index (κ2) is 6.03. The molecule has 110 valence electrons. The molecule has 1 heterocycles. The third kappa shape index (κ3) is 3.18. The highest BCUT2D eigenvalue weighted by atomic mass is 32.1. The van der Waals surface area contributed by atoms with E-state index in [-0.39, 0.29) is 11.7 Å². The number of carbonyl (C=O) groups excluding carboxylic acids is 1. The van der Waals surface area contributed by atoms with Gasteiger partial charge in [0.15, 0.2) is 0 Å². The molecule has 2 aromatic carbocycles. The minimum atomic E-state index is -0.111. The zero-order valence-electron chi connectivity index (χ0n) is 12.0. The lowest BCUT2D eigenvalue weighted by Crippen LogP contribution is -2.09. The Morgan fingerprint density at radius 1 is 1.05 bits per heavy atom. The minimum Gasteiger partial charge on any atom is -0.508 e. The summed E-state index contributed by atoms with van der Waals surface area (Å²) >= 11 is 1.43. The van der Waals surface area contributed by atoms with Crippen LogP contribution in [-0.2, 0) is 0 Å². The maximum absolute atomic E-state index is 12.3. The van der Waals surface area contributed by atoms with E-state index in [0.717, 1.165) is 21.7 Å².